The average molecular weight is 325 g/mol. The molecule has 4 aromatic rings. The third-order valence-electron chi connectivity index (χ3n) is 5.20. The molecule has 2 aromatic carbocycles. The summed E-state index contributed by atoms with van der Waals surface area (Å²) < 4.78 is 0. The zero-order valence-electron chi connectivity index (χ0n) is 14.2. The zero-order chi connectivity index (χ0) is 16.8. The van der Waals surface area contributed by atoms with Gasteiger partial charge in [0.05, 0.1) is 11.2 Å². The fourth-order valence-corrected chi connectivity index (χ4v) is 3.99. The van der Waals surface area contributed by atoms with Crippen LogP contribution in [0.25, 0.3) is 32.9 Å². The molecule has 0 radical (unpaired) electrons. The molecular weight excluding hydrogens is 306 g/mol. The first-order valence-electron chi connectivity index (χ1n) is 8.73. The summed E-state index contributed by atoms with van der Waals surface area (Å²) in [6.07, 6.45) is 4.80. The molecule has 3 heterocycles. The minimum atomic E-state index is 0.936. The maximum Gasteiger partial charge on any atom is 0.0772 e. The van der Waals surface area contributed by atoms with Gasteiger partial charge in [-0.2, -0.15) is 0 Å². The van der Waals surface area contributed by atoms with Gasteiger partial charge in [0.25, 0.3) is 0 Å². The number of nitrogens with zero attached hydrogens (tertiary/aromatic N) is 3. The Morgan fingerprint density at radius 1 is 0.960 bits per heavy atom. The SMILES string of the molecule is CN1CCc2c(c(-c3cccnc3)nc3ccc4ccccc4c23)C1. The number of aromatic nitrogens is 2. The second-order valence-electron chi connectivity index (χ2n) is 6.83. The first-order valence-corrected chi connectivity index (χ1v) is 8.73. The van der Waals surface area contributed by atoms with E-state index in [-0.39, 0.29) is 0 Å². The first kappa shape index (κ1) is 14.6. The van der Waals surface area contributed by atoms with Crippen LogP contribution in [0.2, 0.25) is 0 Å². The van der Waals surface area contributed by atoms with Gasteiger partial charge in [-0.3, -0.25) is 4.98 Å². The zero-order valence-corrected chi connectivity index (χ0v) is 14.2. The molecule has 0 unspecified atom stereocenters. The monoisotopic (exact) mass is 325 g/mol. The summed E-state index contributed by atoms with van der Waals surface area (Å²) in [5.41, 5.74) is 6.08. The summed E-state index contributed by atoms with van der Waals surface area (Å²) in [6.45, 7) is 2.02. The standard InChI is InChI=1S/C22H19N3/c1-25-12-10-18-19(14-25)22(16-6-4-11-23-13-16)24-20-9-8-15-5-2-3-7-17(15)21(18)20/h2-9,11,13H,10,12,14H2,1H3. The van der Waals surface area contributed by atoms with Gasteiger partial charge < -0.3 is 4.90 Å². The lowest BCUT2D eigenvalue weighted by Gasteiger charge is -2.28. The van der Waals surface area contributed by atoms with Crippen molar-refractivity contribution in [2.75, 3.05) is 13.6 Å². The van der Waals surface area contributed by atoms with E-state index in [0.717, 1.165) is 36.3 Å². The van der Waals surface area contributed by atoms with Gasteiger partial charge in [0.1, 0.15) is 0 Å². The van der Waals surface area contributed by atoms with Crippen LogP contribution in [0.5, 0.6) is 0 Å². The van der Waals surface area contributed by atoms with Crippen molar-refractivity contribution in [1.82, 2.24) is 14.9 Å². The maximum absolute atomic E-state index is 5.08. The second-order valence-corrected chi connectivity index (χ2v) is 6.83. The molecular formula is C22H19N3. The van der Waals surface area contributed by atoms with Crippen LogP contribution in [0.4, 0.5) is 0 Å². The minimum Gasteiger partial charge on any atom is -0.302 e. The van der Waals surface area contributed by atoms with Crippen LogP contribution in [0, 0.1) is 0 Å². The van der Waals surface area contributed by atoms with Gasteiger partial charge in [-0.05, 0) is 53.6 Å². The Kier molecular flexibility index (Phi) is 3.28. The number of hydrogen-bond acceptors (Lipinski definition) is 3. The highest BCUT2D eigenvalue weighted by atomic mass is 15.1. The van der Waals surface area contributed by atoms with Crippen LogP contribution in [0.1, 0.15) is 11.1 Å². The predicted molar refractivity (Wildman–Crippen MR) is 103 cm³/mol. The van der Waals surface area contributed by atoms with E-state index < -0.39 is 0 Å². The number of rotatable bonds is 1. The van der Waals surface area contributed by atoms with Crippen molar-refractivity contribution in [1.29, 1.82) is 0 Å². The van der Waals surface area contributed by atoms with Gasteiger partial charge in [-0.15, -0.1) is 0 Å². The lowest BCUT2D eigenvalue weighted by molar-refractivity contribution is 0.314. The van der Waals surface area contributed by atoms with E-state index in [1.807, 2.05) is 18.5 Å². The number of likely N-dealkylation sites (N-methyl/N-ethyl adjacent to an activating group) is 1. The molecule has 25 heavy (non-hydrogen) atoms. The van der Waals surface area contributed by atoms with E-state index in [4.69, 9.17) is 4.98 Å². The minimum absolute atomic E-state index is 0.936. The van der Waals surface area contributed by atoms with E-state index in [1.165, 1.54) is 27.3 Å². The van der Waals surface area contributed by atoms with Crippen molar-refractivity contribution >= 4 is 21.7 Å². The van der Waals surface area contributed by atoms with E-state index in [9.17, 15) is 0 Å². The Balaban J connectivity index is 1.91. The lowest BCUT2D eigenvalue weighted by atomic mass is 9.90. The normalized spacial score (nSPS) is 14.8. The molecule has 0 fully saturated rings. The van der Waals surface area contributed by atoms with E-state index >= 15 is 0 Å². The van der Waals surface area contributed by atoms with Crippen LogP contribution in [-0.4, -0.2) is 28.5 Å². The molecule has 0 amide bonds. The molecule has 1 aliphatic rings. The number of fused-ring (bicyclic) bond motifs is 5. The highest BCUT2D eigenvalue weighted by Crippen LogP contribution is 2.36. The van der Waals surface area contributed by atoms with Crippen molar-refractivity contribution in [3.63, 3.8) is 0 Å². The molecule has 0 saturated carbocycles. The molecule has 0 N–H and O–H groups in total. The summed E-state index contributed by atoms with van der Waals surface area (Å²) in [4.78, 5) is 11.8. The van der Waals surface area contributed by atoms with Gasteiger partial charge in [0, 0.05) is 36.4 Å². The number of benzene rings is 2. The van der Waals surface area contributed by atoms with Gasteiger partial charge in [-0.25, -0.2) is 4.98 Å². The smallest absolute Gasteiger partial charge is 0.0772 e. The fraction of sp³-hybridized carbons (Fsp3) is 0.182. The first-order chi connectivity index (χ1) is 12.3. The highest BCUT2D eigenvalue weighted by molar-refractivity contribution is 6.09. The van der Waals surface area contributed by atoms with Crippen LogP contribution in [-0.2, 0) is 13.0 Å². The van der Waals surface area contributed by atoms with Gasteiger partial charge in [0.15, 0.2) is 0 Å². The van der Waals surface area contributed by atoms with Crippen LogP contribution < -0.4 is 0 Å². The van der Waals surface area contributed by atoms with Crippen LogP contribution in [0.15, 0.2) is 60.9 Å². The Morgan fingerprint density at radius 2 is 1.88 bits per heavy atom. The second kappa shape index (κ2) is 5.64. The fourth-order valence-electron chi connectivity index (χ4n) is 3.99. The Bertz CT molecular complexity index is 1090. The Hall–Kier alpha value is -2.78. The van der Waals surface area contributed by atoms with E-state index in [1.54, 1.807) is 0 Å². The van der Waals surface area contributed by atoms with Crippen LogP contribution in [0.3, 0.4) is 0 Å². The lowest BCUT2D eigenvalue weighted by Crippen LogP contribution is -2.27. The summed E-state index contributed by atoms with van der Waals surface area (Å²) in [5, 5.41) is 3.92. The number of pyridine rings is 2. The van der Waals surface area contributed by atoms with E-state index in [2.05, 4.69) is 59.4 Å². The topological polar surface area (TPSA) is 29.0 Å². The maximum atomic E-state index is 5.08. The van der Waals surface area contributed by atoms with E-state index in [0.29, 0.717) is 0 Å². The quantitative estimate of drug-likeness (QED) is 0.485. The molecule has 122 valence electrons. The van der Waals surface area contributed by atoms with Gasteiger partial charge in [-0.1, -0.05) is 30.3 Å². The van der Waals surface area contributed by atoms with Crippen molar-refractivity contribution in [3.8, 4) is 11.3 Å². The molecule has 3 heteroatoms. The molecule has 0 spiro atoms. The van der Waals surface area contributed by atoms with Gasteiger partial charge in [0.2, 0.25) is 0 Å². The third-order valence-corrected chi connectivity index (χ3v) is 5.20. The molecule has 0 saturated heterocycles. The average Bonchev–Trinajstić information content (AvgIpc) is 2.67. The van der Waals surface area contributed by atoms with Crippen molar-refractivity contribution in [2.45, 2.75) is 13.0 Å². The van der Waals surface area contributed by atoms with Crippen molar-refractivity contribution in [2.24, 2.45) is 0 Å². The molecule has 1 aliphatic heterocycles. The molecule has 0 atom stereocenters. The molecule has 5 rings (SSSR count). The Morgan fingerprint density at radius 3 is 2.76 bits per heavy atom. The van der Waals surface area contributed by atoms with Crippen molar-refractivity contribution < 1.29 is 0 Å². The van der Waals surface area contributed by atoms with Gasteiger partial charge >= 0.3 is 0 Å². The summed E-state index contributed by atoms with van der Waals surface area (Å²) >= 11 is 0. The summed E-state index contributed by atoms with van der Waals surface area (Å²) in [5.74, 6) is 0. The highest BCUT2D eigenvalue weighted by Gasteiger charge is 2.22. The molecule has 2 aromatic heterocycles. The largest absolute Gasteiger partial charge is 0.302 e. The Labute approximate surface area is 147 Å². The van der Waals surface area contributed by atoms with Crippen molar-refractivity contribution in [3.05, 3.63) is 72.1 Å². The van der Waals surface area contributed by atoms with Crippen LogP contribution >= 0.6 is 0 Å². The number of hydrogen-bond donors (Lipinski definition) is 0. The summed E-state index contributed by atoms with van der Waals surface area (Å²) in [6, 6.07) is 17.1. The predicted octanol–water partition coefficient (Wildman–Crippen LogP) is 4.44. The molecule has 0 aliphatic carbocycles. The molecule has 3 nitrogen and oxygen atoms in total. The third kappa shape index (κ3) is 2.31. The summed E-state index contributed by atoms with van der Waals surface area (Å²) in [7, 11) is 2.18. The molecule has 0 bridgehead atoms.